The summed E-state index contributed by atoms with van der Waals surface area (Å²) in [6.07, 6.45) is 1.90. The molecule has 0 aromatic heterocycles. The Hall–Kier alpha value is -1.84. The van der Waals surface area contributed by atoms with Crippen molar-refractivity contribution < 1.29 is 14.7 Å². The maximum absolute atomic E-state index is 11.7. The molecule has 1 atom stereocenters. The molecule has 0 fully saturated rings. The largest absolute Gasteiger partial charge is 0.480 e. The molecule has 4 nitrogen and oxygen atoms in total. The van der Waals surface area contributed by atoms with Crippen molar-refractivity contribution >= 4 is 11.9 Å². The number of rotatable bonds is 7. The smallest absolute Gasteiger partial charge is 0.326 e. The minimum absolute atomic E-state index is 0.115. The fourth-order valence-electron chi connectivity index (χ4n) is 1.86. The predicted octanol–water partition coefficient (Wildman–Crippen LogP) is 2.23. The zero-order valence-corrected chi connectivity index (χ0v) is 11.4. The van der Waals surface area contributed by atoms with Crippen LogP contribution in [0.15, 0.2) is 30.3 Å². The lowest BCUT2D eigenvalue weighted by molar-refractivity contribution is -0.143. The Morgan fingerprint density at radius 3 is 2.37 bits per heavy atom. The summed E-state index contributed by atoms with van der Waals surface area (Å²) in [6, 6.07) is 9.13. The molecule has 0 saturated carbocycles. The number of aliphatic carboxylic acids is 1. The highest BCUT2D eigenvalue weighted by atomic mass is 16.4. The van der Waals surface area contributed by atoms with Gasteiger partial charge in [0, 0.05) is 6.42 Å². The van der Waals surface area contributed by atoms with Crippen molar-refractivity contribution in [1.29, 1.82) is 0 Å². The van der Waals surface area contributed by atoms with Crippen LogP contribution in [0.5, 0.6) is 0 Å². The third-order valence-electron chi connectivity index (χ3n) is 2.96. The number of carboxylic acids is 1. The van der Waals surface area contributed by atoms with E-state index in [1.54, 1.807) is 13.8 Å². The lowest BCUT2D eigenvalue weighted by Crippen LogP contribution is -2.44. The van der Waals surface area contributed by atoms with E-state index >= 15 is 0 Å². The first kappa shape index (κ1) is 15.2. The second kappa shape index (κ2) is 7.56. The third kappa shape index (κ3) is 5.55. The third-order valence-corrected chi connectivity index (χ3v) is 2.96. The van der Waals surface area contributed by atoms with E-state index in [1.165, 1.54) is 5.56 Å². The average molecular weight is 263 g/mol. The molecule has 0 aliphatic carbocycles. The molecule has 0 saturated heterocycles. The monoisotopic (exact) mass is 263 g/mol. The molecule has 0 unspecified atom stereocenters. The van der Waals surface area contributed by atoms with Gasteiger partial charge in [0.25, 0.3) is 0 Å². The molecule has 0 spiro atoms. The Morgan fingerprint density at radius 1 is 1.21 bits per heavy atom. The summed E-state index contributed by atoms with van der Waals surface area (Å²) in [5.41, 5.74) is 1.19. The van der Waals surface area contributed by atoms with Gasteiger partial charge in [0.05, 0.1) is 0 Å². The first-order valence-corrected chi connectivity index (χ1v) is 6.57. The highest BCUT2D eigenvalue weighted by Gasteiger charge is 2.22. The summed E-state index contributed by atoms with van der Waals surface area (Å²) >= 11 is 0. The van der Waals surface area contributed by atoms with Crippen molar-refractivity contribution in [3.63, 3.8) is 0 Å². The predicted molar refractivity (Wildman–Crippen MR) is 73.8 cm³/mol. The molecular weight excluding hydrogens is 242 g/mol. The average Bonchev–Trinajstić information content (AvgIpc) is 2.36. The molecule has 19 heavy (non-hydrogen) atoms. The van der Waals surface area contributed by atoms with Crippen LogP contribution in [-0.2, 0) is 16.0 Å². The summed E-state index contributed by atoms with van der Waals surface area (Å²) in [5, 5.41) is 11.5. The standard InChI is InChI=1S/C15H21NO3/c1-11(2)14(15(18)19)16-13(17)10-6-9-12-7-4-3-5-8-12/h3-5,7-8,11,14H,6,9-10H2,1-2H3,(H,16,17)(H,18,19)/t14-/m0/s1. The summed E-state index contributed by atoms with van der Waals surface area (Å²) in [4.78, 5) is 22.6. The van der Waals surface area contributed by atoms with Crippen molar-refractivity contribution in [2.45, 2.75) is 39.2 Å². The fourth-order valence-corrected chi connectivity index (χ4v) is 1.86. The Morgan fingerprint density at radius 2 is 1.84 bits per heavy atom. The summed E-state index contributed by atoms with van der Waals surface area (Å²) < 4.78 is 0. The molecule has 104 valence electrons. The van der Waals surface area contributed by atoms with Crippen molar-refractivity contribution in [1.82, 2.24) is 5.32 Å². The number of carboxylic acid groups (broad SMARTS) is 1. The van der Waals surface area contributed by atoms with Gasteiger partial charge in [-0.1, -0.05) is 44.2 Å². The molecule has 0 aliphatic rings. The van der Waals surface area contributed by atoms with Crippen LogP contribution in [-0.4, -0.2) is 23.0 Å². The van der Waals surface area contributed by atoms with Crippen molar-refractivity contribution in [2.75, 3.05) is 0 Å². The number of nitrogens with one attached hydrogen (secondary N) is 1. The molecule has 0 heterocycles. The SMILES string of the molecule is CC(C)[C@H](NC(=O)CCCc1ccccc1)C(=O)O. The van der Waals surface area contributed by atoms with E-state index in [1.807, 2.05) is 30.3 Å². The number of hydrogen-bond acceptors (Lipinski definition) is 2. The number of amides is 1. The van der Waals surface area contributed by atoms with Gasteiger partial charge in [-0.2, -0.15) is 0 Å². The zero-order chi connectivity index (χ0) is 14.3. The van der Waals surface area contributed by atoms with Crippen LogP contribution in [0.4, 0.5) is 0 Å². The van der Waals surface area contributed by atoms with Gasteiger partial charge in [-0.3, -0.25) is 4.79 Å². The highest BCUT2D eigenvalue weighted by Crippen LogP contribution is 2.06. The van der Waals surface area contributed by atoms with Gasteiger partial charge in [0.15, 0.2) is 0 Å². The van der Waals surface area contributed by atoms with E-state index in [0.29, 0.717) is 6.42 Å². The highest BCUT2D eigenvalue weighted by molar-refractivity contribution is 5.83. The molecule has 1 aromatic rings. The van der Waals surface area contributed by atoms with Crippen molar-refractivity contribution in [2.24, 2.45) is 5.92 Å². The van der Waals surface area contributed by atoms with Crippen LogP contribution in [0.3, 0.4) is 0 Å². The minimum Gasteiger partial charge on any atom is -0.480 e. The molecule has 4 heteroatoms. The second-order valence-corrected chi connectivity index (χ2v) is 4.97. The molecule has 0 aliphatic heterocycles. The van der Waals surface area contributed by atoms with Gasteiger partial charge in [-0.05, 0) is 24.3 Å². The number of aryl methyl sites for hydroxylation is 1. The molecule has 0 bridgehead atoms. The summed E-state index contributed by atoms with van der Waals surface area (Å²) in [7, 11) is 0. The molecule has 0 radical (unpaired) electrons. The second-order valence-electron chi connectivity index (χ2n) is 4.97. The van der Waals surface area contributed by atoms with E-state index in [9.17, 15) is 9.59 Å². The van der Waals surface area contributed by atoms with Crippen LogP contribution in [0.25, 0.3) is 0 Å². The van der Waals surface area contributed by atoms with E-state index in [-0.39, 0.29) is 11.8 Å². The lowest BCUT2D eigenvalue weighted by Gasteiger charge is -2.17. The van der Waals surface area contributed by atoms with Gasteiger partial charge in [-0.25, -0.2) is 4.79 Å². The van der Waals surface area contributed by atoms with Crippen LogP contribution in [0, 0.1) is 5.92 Å². The first-order valence-electron chi connectivity index (χ1n) is 6.57. The Balaban J connectivity index is 2.33. The Kier molecular flexibility index (Phi) is 6.06. The summed E-state index contributed by atoms with van der Waals surface area (Å²) in [5.74, 6) is -1.29. The normalized spacial score (nSPS) is 12.2. The van der Waals surface area contributed by atoms with E-state index < -0.39 is 12.0 Å². The zero-order valence-electron chi connectivity index (χ0n) is 11.4. The van der Waals surface area contributed by atoms with Crippen molar-refractivity contribution in [3.05, 3.63) is 35.9 Å². The minimum atomic E-state index is -0.980. The Bertz CT molecular complexity index is 415. The summed E-state index contributed by atoms with van der Waals surface area (Å²) in [6.45, 7) is 3.56. The van der Waals surface area contributed by atoms with E-state index in [4.69, 9.17) is 5.11 Å². The van der Waals surface area contributed by atoms with E-state index in [0.717, 1.165) is 12.8 Å². The van der Waals surface area contributed by atoms with Gasteiger partial charge in [0.2, 0.25) is 5.91 Å². The van der Waals surface area contributed by atoms with Gasteiger partial charge in [0.1, 0.15) is 6.04 Å². The molecular formula is C15H21NO3. The Labute approximate surface area is 113 Å². The number of carbonyl (C=O) groups excluding carboxylic acids is 1. The van der Waals surface area contributed by atoms with Gasteiger partial charge < -0.3 is 10.4 Å². The van der Waals surface area contributed by atoms with Crippen LogP contribution >= 0.6 is 0 Å². The molecule has 1 amide bonds. The fraction of sp³-hybridized carbons (Fsp3) is 0.467. The molecule has 2 N–H and O–H groups in total. The van der Waals surface area contributed by atoms with E-state index in [2.05, 4.69) is 5.32 Å². The lowest BCUT2D eigenvalue weighted by atomic mass is 10.0. The number of benzene rings is 1. The molecule has 1 rings (SSSR count). The first-order chi connectivity index (χ1) is 9.00. The van der Waals surface area contributed by atoms with Crippen LogP contribution < -0.4 is 5.32 Å². The maximum atomic E-state index is 11.7. The molecule has 1 aromatic carbocycles. The van der Waals surface area contributed by atoms with Crippen LogP contribution in [0.1, 0.15) is 32.3 Å². The van der Waals surface area contributed by atoms with Crippen molar-refractivity contribution in [3.8, 4) is 0 Å². The maximum Gasteiger partial charge on any atom is 0.326 e. The number of hydrogen-bond donors (Lipinski definition) is 2. The quantitative estimate of drug-likeness (QED) is 0.792. The topological polar surface area (TPSA) is 66.4 Å². The van der Waals surface area contributed by atoms with Gasteiger partial charge >= 0.3 is 5.97 Å². The number of carbonyl (C=O) groups is 2. The van der Waals surface area contributed by atoms with Crippen LogP contribution in [0.2, 0.25) is 0 Å². The van der Waals surface area contributed by atoms with Gasteiger partial charge in [-0.15, -0.1) is 0 Å².